The van der Waals surface area contributed by atoms with E-state index in [1.54, 1.807) is 25.3 Å². The number of rotatable bonds is 4. The van der Waals surface area contributed by atoms with Crippen LogP contribution in [-0.2, 0) is 11.3 Å². The highest BCUT2D eigenvalue weighted by Gasteiger charge is 2.67. The summed E-state index contributed by atoms with van der Waals surface area (Å²) in [4.78, 5) is 19.3. The number of imidazole rings is 1. The van der Waals surface area contributed by atoms with Crippen LogP contribution in [0.3, 0.4) is 0 Å². The van der Waals surface area contributed by atoms with E-state index in [-0.39, 0.29) is 18.3 Å². The van der Waals surface area contributed by atoms with Crippen LogP contribution in [0.4, 0.5) is 4.39 Å². The molecule has 1 aliphatic carbocycles. The molecule has 1 saturated carbocycles. The highest BCUT2D eigenvalue weighted by molar-refractivity contribution is 6.53. The van der Waals surface area contributed by atoms with Crippen LogP contribution in [0.15, 0.2) is 30.5 Å². The first-order chi connectivity index (χ1) is 10.3. The summed E-state index contributed by atoms with van der Waals surface area (Å²) < 4.78 is 11.9. The van der Waals surface area contributed by atoms with E-state index in [2.05, 4.69) is 15.3 Å². The van der Waals surface area contributed by atoms with Crippen molar-refractivity contribution in [2.75, 3.05) is 0 Å². The van der Waals surface area contributed by atoms with Gasteiger partial charge in [0.25, 0.3) is 0 Å². The van der Waals surface area contributed by atoms with Gasteiger partial charge in [-0.05, 0) is 43.2 Å². The average Bonchev–Trinajstić information content (AvgIpc) is 2.84. The number of hydrogen-bond acceptors (Lipinski definition) is 2. The highest BCUT2D eigenvalue weighted by Crippen LogP contribution is 2.63. The van der Waals surface area contributed by atoms with E-state index < -0.39 is 9.75 Å². The maximum atomic E-state index is 12.9. The number of halogens is 3. The topological polar surface area (TPSA) is 57.8 Å². The third-order valence-corrected chi connectivity index (χ3v) is 5.06. The van der Waals surface area contributed by atoms with Gasteiger partial charge in [-0.2, -0.15) is 0 Å². The summed E-state index contributed by atoms with van der Waals surface area (Å²) in [6.45, 7) is 1.98. The van der Waals surface area contributed by atoms with Gasteiger partial charge in [0, 0.05) is 0 Å². The standard InChI is InChI=1S/C15H14Cl2FN3O/c1-14(8-15(14,16)17)13(22)20-7-12-19-6-11(21-12)9-2-4-10(18)5-3-9/h2-6H,7-8H2,1H3,(H,19,21)(H,20,22)/t14-/m0/s1. The van der Waals surface area contributed by atoms with Gasteiger partial charge >= 0.3 is 0 Å². The molecule has 0 spiro atoms. The SMILES string of the molecule is C[C@@]1(C(=O)NCc2ncc(-c3ccc(F)cc3)[nH]2)CC1(Cl)Cl. The van der Waals surface area contributed by atoms with Crippen molar-refractivity contribution in [1.82, 2.24) is 15.3 Å². The van der Waals surface area contributed by atoms with Gasteiger partial charge in [0.2, 0.25) is 5.91 Å². The third kappa shape index (κ3) is 2.71. The predicted octanol–water partition coefficient (Wildman–Crippen LogP) is 3.42. The monoisotopic (exact) mass is 341 g/mol. The van der Waals surface area contributed by atoms with Crippen LogP contribution in [0.2, 0.25) is 0 Å². The first-order valence-electron chi connectivity index (χ1n) is 6.78. The number of aromatic amines is 1. The molecule has 22 heavy (non-hydrogen) atoms. The Morgan fingerprint density at radius 3 is 2.64 bits per heavy atom. The zero-order valence-electron chi connectivity index (χ0n) is 11.8. The minimum atomic E-state index is -0.987. The van der Waals surface area contributed by atoms with Crippen LogP contribution < -0.4 is 5.32 Å². The van der Waals surface area contributed by atoms with Crippen molar-refractivity contribution in [2.24, 2.45) is 5.41 Å². The molecule has 1 amide bonds. The van der Waals surface area contributed by atoms with Gasteiger partial charge < -0.3 is 10.3 Å². The Hall–Kier alpha value is -1.59. The maximum Gasteiger partial charge on any atom is 0.229 e. The number of carbonyl (C=O) groups excluding carboxylic acids is 1. The molecule has 116 valence electrons. The predicted molar refractivity (Wildman–Crippen MR) is 83.0 cm³/mol. The van der Waals surface area contributed by atoms with Gasteiger partial charge in [-0.1, -0.05) is 0 Å². The zero-order chi connectivity index (χ0) is 16.0. The number of nitrogens with zero attached hydrogens (tertiary/aromatic N) is 1. The molecule has 1 atom stereocenters. The number of benzene rings is 1. The zero-order valence-corrected chi connectivity index (χ0v) is 13.3. The number of carbonyl (C=O) groups is 1. The number of alkyl halides is 2. The number of nitrogens with one attached hydrogen (secondary N) is 2. The maximum absolute atomic E-state index is 12.9. The highest BCUT2D eigenvalue weighted by atomic mass is 35.5. The summed E-state index contributed by atoms with van der Waals surface area (Å²) >= 11 is 11.9. The quantitative estimate of drug-likeness (QED) is 0.837. The van der Waals surface area contributed by atoms with Gasteiger partial charge in [-0.15, -0.1) is 23.2 Å². The van der Waals surface area contributed by atoms with E-state index in [1.165, 1.54) is 12.1 Å². The molecular formula is C15H14Cl2FN3O. The fourth-order valence-electron chi connectivity index (χ4n) is 2.23. The Kier molecular flexibility index (Phi) is 3.65. The molecule has 0 bridgehead atoms. The Morgan fingerprint density at radius 1 is 1.41 bits per heavy atom. The van der Waals surface area contributed by atoms with Crippen LogP contribution in [0.25, 0.3) is 11.3 Å². The minimum absolute atomic E-state index is 0.197. The van der Waals surface area contributed by atoms with Crippen molar-refractivity contribution < 1.29 is 9.18 Å². The van der Waals surface area contributed by atoms with E-state index >= 15 is 0 Å². The van der Waals surface area contributed by atoms with Gasteiger partial charge in [-0.25, -0.2) is 9.37 Å². The van der Waals surface area contributed by atoms with Gasteiger partial charge in [0.05, 0.1) is 23.9 Å². The van der Waals surface area contributed by atoms with Crippen LogP contribution in [0.5, 0.6) is 0 Å². The molecule has 1 aromatic heterocycles. The van der Waals surface area contributed by atoms with Crippen molar-refractivity contribution in [3.63, 3.8) is 0 Å². The van der Waals surface area contributed by atoms with Gasteiger partial charge in [0.15, 0.2) is 0 Å². The first-order valence-corrected chi connectivity index (χ1v) is 7.53. The number of hydrogen-bond donors (Lipinski definition) is 2. The summed E-state index contributed by atoms with van der Waals surface area (Å²) in [5.74, 6) is 0.114. The molecule has 1 heterocycles. The molecule has 0 saturated heterocycles. The minimum Gasteiger partial charge on any atom is -0.348 e. The van der Waals surface area contributed by atoms with E-state index in [1.807, 2.05) is 0 Å². The van der Waals surface area contributed by atoms with E-state index in [0.29, 0.717) is 12.2 Å². The Balaban J connectivity index is 1.63. The molecule has 1 aliphatic rings. The summed E-state index contributed by atoms with van der Waals surface area (Å²) in [7, 11) is 0. The van der Waals surface area contributed by atoms with Crippen LogP contribution in [0.1, 0.15) is 19.2 Å². The third-order valence-electron chi connectivity index (χ3n) is 3.96. The van der Waals surface area contributed by atoms with E-state index in [9.17, 15) is 9.18 Å². The molecule has 2 N–H and O–H groups in total. The Labute approximate surface area is 137 Å². The fourth-order valence-corrected chi connectivity index (χ4v) is 2.94. The van der Waals surface area contributed by atoms with Crippen molar-refractivity contribution >= 4 is 29.1 Å². The Morgan fingerprint density at radius 2 is 2.05 bits per heavy atom. The lowest BCUT2D eigenvalue weighted by Crippen LogP contribution is -2.33. The summed E-state index contributed by atoms with van der Waals surface area (Å²) in [6.07, 6.45) is 2.08. The second kappa shape index (κ2) is 5.25. The fraction of sp³-hybridized carbons (Fsp3) is 0.333. The average molecular weight is 342 g/mol. The lowest BCUT2D eigenvalue weighted by atomic mass is 10.1. The molecule has 7 heteroatoms. The molecule has 0 unspecified atom stereocenters. The molecule has 0 radical (unpaired) electrons. The summed E-state index contributed by atoms with van der Waals surface area (Å²) in [5, 5.41) is 2.77. The summed E-state index contributed by atoms with van der Waals surface area (Å²) in [6, 6.07) is 6.08. The van der Waals surface area contributed by atoms with E-state index in [4.69, 9.17) is 23.2 Å². The normalized spacial score (nSPS) is 22.4. The molecule has 2 aromatic rings. The van der Waals surface area contributed by atoms with Crippen LogP contribution in [0, 0.1) is 11.2 Å². The van der Waals surface area contributed by atoms with Crippen molar-refractivity contribution in [3.05, 3.63) is 42.1 Å². The first kappa shape index (κ1) is 15.3. The summed E-state index contributed by atoms with van der Waals surface area (Å²) in [5.41, 5.74) is 0.828. The van der Waals surface area contributed by atoms with Crippen molar-refractivity contribution in [3.8, 4) is 11.3 Å². The van der Waals surface area contributed by atoms with Crippen molar-refractivity contribution in [2.45, 2.75) is 24.2 Å². The molecule has 1 aromatic carbocycles. The molecular weight excluding hydrogens is 328 g/mol. The number of amides is 1. The second-order valence-corrected chi connectivity index (χ2v) is 7.13. The lowest BCUT2D eigenvalue weighted by molar-refractivity contribution is -0.126. The number of H-pyrrole nitrogens is 1. The van der Waals surface area contributed by atoms with Crippen LogP contribution in [-0.4, -0.2) is 20.2 Å². The molecule has 4 nitrogen and oxygen atoms in total. The smallest absolute Gasteiger partial charge is 0.229 e. The largest absolute Gasteiger partial charge is 0.348 e. The van der Waals surface area contributed by atoms with E-state index in [0.717, 1.165) is 11.3 Å². The number of aromatic nitrogens is 2. The molecule has 0 aliphatic heterocycles. The lowest BCUT2D eigenvalue weighted by Gasteiger charge is -2.11. The molecule has 3 rings (SSSR count). The second-order valence-electron chi connectivity index (χ2n) is 5.65. The molecule has 1 fully saturated rings. The van der Waals surface area contributed by atoms with Gasteiger partial charge in [-0.3, -0.25) is 4.79 Å². The Bertz CT molecular complexity index is 714. The van der Waals surface area contributed by atoms with Gasteiger partial charge in [0.1, 0.15) is 16.0 Å². The van der Waals surface area contributed by atoms with Crippen molar-refractivity contribution in [1.29, 1.82) is 0 Å². The van der Waals surface area contributed by atoms with Crippen LogP contribution >= 0.6 is 23.2 Å².